The van der Waals surface area contributed by atoms with Gasteiger partial charge in [-0.05, 0) is 51.4 Å². The molecule has 3 unspecified atom stereocenters. The van der Waals surface area contributed by atoms with Gasteiger partial charge in [0.25, 0.3) is 0 Å². The highest BCUT2D eigenvalue weighted by Crippen LogP contribution is 2.38. The minimum Gasteiger partial charge on any atom is -0.313 e. The topological polar surface area (TPSA) is 15.3 Å². The van der Waals surface area contributed by atoms with Crippen LogP contribution in [0.3, 0.4) is 0 Å². The fourth-order valence-corrected chi connectivity index (χ4v) is 2.71. The number of hydrogen-bond acceptors (Lipinski definition) is 2. The second-order valence-electron chi connectivity index (χ2n) is 5.89. The van der Waals surface area contributed by atoms with Gasteiger partial charge >= 0.3 is 0 Å². The molecule has 106 valence electrons. The van der Waals surface area contributed by atoms with E-state index in [1.165, 1.54) is 19.0 Å². The molecular weight excluding hydrogens is 239 g/mol. The molecule has 0 spiro atoms. The van der Waals surface area contributed by atoms with E-state index in [2.05, 4.69) is 24.2 Å². The summed E-state index contributed by atoms with van der Waals surface area (Å²) in [6, 6.07) is 7.15. The van der Waals surface area contributed by atoms with E-state index in [9.17, 15) is 4.39 Å². The molecule has 1 aromatic carbocycles. The molecule has 3 atom stereocenters. The van der Waals surface area contributed by atoms with E-state index in [-0.39, 0.29) is 11.9 Å². The summed E-state index contributed by atoms with van der Waals surface area (Å²) in [4.78, 5) is 2.37. The maximum absolute atomic E-state index is 13.8. The van der Waals surface area contributed by atoms with Crippen molar-refractivity contribution < 1.29 is 4.39 Å². The number of benzene rings is 1. The molecule has 1 aromatic rings. The molecule has 0 heterocycles. The third kappa shape index (κ3) is 4.02. The fraction of sp³-hybridized carbons (Fsp3) is 0.625. The minimum absolute atomic E-state index is 0.0975. The molecule has 1 aliphatic carbocycles. The minimum atomic E-state index is -0.111. The lowest BCUT2D eigenvalue weighted by molar-refractivity contribution is 0.294. The Hall–Kier alpha value is -0.930. The molecule has 19 heavy (non-hydrogen) atoms. The lowest BCUT2D eigenvalue weighted by atomic mass is 10.0. The van der Waals surface area contributed by atoms with E-state index in [4.69, 9.17) is 0 Å². The van der Waals surface area contributed by atoms with Crippen LogP contribution in [-0.4, -0.2) is 32.1 Å². The van der Waals surface area contributed by atoms with E-state index in [1.807, 2.05) is 19.2 Å². The molecule has 0 bridgehead atoms. The van der Waals surface area contributed by atoms with Gasteiger partial charge in [0, 0.05) is 18.2 Å². The van der Waals surface area contributed by atoms with Crippen molar-refractivity contribution in [2.24, 2.45) is 11.8 Å². The van der Waals surface area contributed by atoms with Crippen LogP contribution in [0.1, 0.15) is 31.4 Å². The third-order valence-electron chi connectivity index (χ3n) is 4.25. The molecule has 0 amide bonds. The van der Waals surface area contributed by atoms with Gasteiger partial charge in [-0.3, -0.25) is 0 Å². The second kappa shape index (κ2) is 6.49. The predicted octanol–water partition coefficient (Wildman–Crippen LogP) is 3.06. The molecule has 0 radical (unpaired) electrons. The van der Waals surface area contributed by atoms with Gasteiger partial charge in [-0.2, -0.15) is 0 Å². The number of nitrogens with zero attached hydrogens (tertiary/aromatic N) is 1. The highest BCUT2D eigenvalue weighted by Gasteiger charge is 2.33. The summed E-state index contributed by atoms with van der Waals surface area (Å²) in [6.45, 7) is 4.49. The zero-order valence-corrected chi connectivity index (χ0v) is 12.2. The van der Waals surface area contributed by atoms with E-state index in [1.54, 1.807) is 6.07 Å². The van der Waals surface area contributed by atoms with E-state index in [0.717, 1.165) is 30.4 Å². The first-order chi connectivity index (χ1) is 9.11. The van der Waals surface area contributed by atoms with Crippen LogP contribution >= 0.6 is 0 Å². The van der Waals surface area contributed by atoms with Crippen LogP contribution in [0.25, 0.3) is 0 Å². The van der Waals surface area contributed by atoms with Crippen molar-refractivity contribution in [1.29, 1.82) is 0 Å². The largest absolute Gasteiger partial charge is 0.313 e. The molecule has 1 saturated carbocycles. The van der Waals surface area contributed by atoms with Crippen LogP contribution < -0.4 is 5.32 Å². The Labute approximate surface area is 116 Å². The summed E-state index contributed by atoms with van der Waals surface area (Å²) in [6.07, 6.45) is 2.31. The Balaban J connectivity index is 1.84. The Morgan fingerprint density at radius 3 is 2.68 bits per heavy atom. The maximum atomic E-state index is 13.8. The van der Waals surface area contributed by atoms with Crippen LogP contribution in [0.5, 0.6) is 0 Å². The molecular formula is C16H25FN2. The van der Waals surface area contributed by atoms with Gasteiger partial charge < -0.3 is 10.2 Å². The lowest BCUT2D eigenvalue weighted by Crippen LogP contribution is -2.27. The summed E-state index contributed by atoms with van der Waals surface area (Å²) >= 11 is 0. The lowest BCUT2D eigenvalue weighted by Gasteiger charge is -2.22. The summed E-state index contributed by atoms with van der Waals surface area (Å²) in [5.74, 6) is 1.67. The van der Waals surface area contributed by atoms with Gasteiger partial charge in [0.05, 0.1) is 0 Å². The average Bonchev–Trinajstić information content (AvgIpc) is 3.07. The summed E-state index contributed by atoms with van der Waals surface area (Å²) in [5.41, 5.74) is 0.776. The SMILES string of the molecule is CNC(CCN(C)CC1CC1C)c1ccccc1F. The Morgan fingerprint density at radius 1 is 1.42 bits per heavy atom. The van der Waals surface area contributed by atoms with Gasteiger partial charge in [0.1, 0.15) is 5.82 Å². The highest BCUT2D eigenvalue weighted by atomic mass is 19.1. The fourth-order valence-electron chi connectivity index (χ4n) is 2.71. The van der Waals surface area contributed by atoms with Gasteiger partial charge in [-0.15, -0.1) is 0 Å². The van der Waals surface area contributed by atoms with Crippen LogP contribution in [0.15, 0.2) is 24.3 Å². The van der Waals surface area contributed by atoms with E-state index >= 15 is 0 Å². The predicted molar refractivity (Wildman–Crippen MR) is 77.6 cm³/mol. The maximum Gasteiger partial charge on any atom is 0.127 e. The molecule has 2 nitrogen and oxygen atoms in total. The Morgan fingerprint density at radius 2 is 2.11 bits per heavy atom. The Kier molecular flexibility index (Phi) is 4.94. The molecule has 1 N–H and O–H groups in total. The van der Waals surface area contributed by atoms with Crippen molar-refractivity contribution in [2.45, 2.75) is 25.8 Å². The summed E-state index contributed by atoms with van der Waals surface area (Å²) in [7, 11) is 4.07. The molecule has 0 aliphatic heterocycles. The molecule has 2 rings (SSSR count). The van der Waals surface area contributed by atoms with Crippen LogP contribution in [0.4, 0.5) is 4.39 Å². The third-order valence-corrected chi connectivity index (χ3v) is 4.25. The number of hydrogen-bond donors (Lipinski definition) is 1. The van der Waals surface area contributed by atoms with Gasteiger partial charge in [0.15, 0.2) is 0 Å². The summed E-state index contributed by atoms with van der Waals surface area (Å²) in [5, 5.41) is 3.23. The Bertz CT molecular complexity index is 407. The van der Waals surface area contributed by atoms with Crippen molar-refractivity contribution in [1.82, 2.24) is 10.2 Å². The van der Waals surface area contributed by atoms with Gasteiger partial charge in [-0.1, -0.05) is 25.1 Å². The number of halogens is 1. The number of rotatable bonds is 7. The first-order valence-electron chi connectivity index (χ1n) is 7.22. The van der Waals surface area contributed by atoms with E-state index < -0.39 is 0 Å². The van der Waals surface area contributed by atoms with Crippen molar-refractivity contribution in [3.8, 4) is 0 Å². The van der Waals surface area contributed by atoms with Gasteiger partial charge in [-0.25, -0.2) is 4.39 Å². The van der Waals surface area contributed by atoms with Crippen LogP contribution in [-0.2, 0) is 0 Å². The highest BCUT2D eigenvalue weighted by molar-refractivity contribution is 5.21. The molecule has 1 fully saturated rings. The first kappa shape index (κ1) is 14.5. The zero-order chi connectivity index (χ0) is 13.8. The average molecular weight is 264 g/mol. The summed E-state index contributed by atoms with van der Waals surface area (Å²) < 4.78 is 13.8. The van der Waals surface area contributed by atoms with Gasteiger partial charge in [0.2, 0.25) is 0 Å². The molecule has 0 saturated heterocycles. The molecule has 1 aliphatic rings. The second-order valence-corrected chi connectivity index (χ2v) is 5.89. The molecule has 3 heteroatoms. The molecule has 0 aromatic heterocycles. The van der Waals surface area contributed by atoms with E-state index in [0.29, 0.717) is 0 Å². The van der Waals surface area contributed by atoms with Crippen LogP contribution in [0, 0.1) is 17.7 Å². The van der Waals surface area contributed by atoms with Crippen molar-refractivity contribution in [3.05, 3.63) is 35.6 Å². The standard InChI is InChI=1S/C16H25FN2/c1-12-10-13(12)11-19(3)9-8-16(18-2)14-6-4-5-7-15(14)17/h4-7,12-13,16,18H,8-11H2,1-3H3. The normalized spacial score (nSPS) is 23.6. The quantitative estimate of drug-likeness (QED) is 0.814. The monoisotopic (exact) mass is 264 g/mol. The van der Waals surface area contributed by atoms with Crippen molar-refractivity contribution in [3.63, 3.8) is 0 Å². The zero-order valence-electron chi connectivity index (χ0n) is 12.2. The smallest absolute Gasteiger partial charge is 0.127 e. The van der Waals surface area contributed by atoms with Crippen molar-refractivity contribution in [2.75, 3.05) is 27.2 Å². The number of nitrogens with one attached hydrogen (secondary N) is 1. The van der Waals surface area contributed by atoms with Crippen LogP contribution in [0.2, 0.25) is 0 Å². The van der Waals surface area contributed by atoms with Crippen molar-refractivity contribution >= 4 is 0 Å². The first-order valence-corrected chi connectivity index (χ1v) is 7.22.